The van der Waals surface area contributed by atoms with Crippen molar-refractivity contribution < 1.29 is 13.6 Å². The molecule has 0 saturated heterocycles. The Morgan fingerprint density at radius 1 is 0.967 bits per heavy atom. The highest BCUT2D eigenvalue weighted by molar-refractivity contribution is 7.92. The molecule has 0 fully saturated rings. The van der Waals surface area contributed by atoms with Crippen molar-refractivity contribution in [1.82, 2.24) is 14.7 Å². The van der Waals surface area contributed by atoms with Gasteiger partial charge in [0.05, 0.1) is 11.6 Å². The van der Waals surface area contributed by atoms with Gasteiger partial charge in [0.2, 0.25) is 10.0 Å². The Balaban J connectivity index is 1.66. The van der Waals surface area contributed by atoms with Crippen molar-refractivity contribution in [1.29, 1.82) is 0 Å². The fourth-order valence-electron chi connectivity index (χ4n) is 3.00. The van der Waals surface area contributed by atoms with Gasteiger partial charge in [0, 0.05) is 17.6 Å². The first-order valence-corrected chi connectivity index (χ1v) is 10.7. The Labute approximate surface area is 171 Å². The zero-order chi connectivity index (χ0) is 21.3. The lowest BCUT2D eigenvalue weighted by Gasteiger charge is -2.11. The molecule has 0 unspecified atom stereocenters. The van der Waals surface area contributed by atoms with E-state index < -0.39 is 15.7 Å². The highest BCUT2D eigenvalue weighted by Gasteiger charge is 2.11. The Hall–Kier alpha value is -3.92. The summed E-state index contributed by atoms with van der Waals surface area (Å²) in [4.78, 5) is 19.8. The van der Waals surface area contributed by atoms with E-state index in [-0.39, 0.29) is 11.5 Å². The second-order valence-corrected chi connectivity index (χ2v) is 8.34. The van der Waals surface area contributed by atoms with E-state index in [9.17, 15) is 18.4 Å². The average Bonchev–Trinajstić information content (AvgIpc) is 2.71. The standard InChI is InChI=1S/C20H17N5O4S/c1-30(28,29)24-15-9-7-13(8-10-15)14-4-2-5-16(12-14)22-18-17-6-3-11-21-19(17)25(27)20(26)23-18/h2-12,24,27H,1H3,(H,22,23,26). The van der Waals surface area contributed by atoms with Crippen molar-refractivity contribution in [3.63, 3.8) is 0 Å². The molecule has 0 aliphatic heterocycles. The number of pyridine rings is 1. The molecule has 0 saturated carbocycles. The van der Waals surface area contributed by atoms with Gasteiger partial charge in [-0.05, 0) is 47.5 Å². The van der Waals surface area contributed by atoms with Crippen molar-refractivity contribution in [2.75, 3.05) is 16.3 Å². The Morgan fingerprint density at radius 2 is 1.73 bits per heavy atom. The molecule has 0 spiro atoms. The number of nitrogens with zero attached hydrogens (tertiary/aromatic N) is 3. The highest BCUT2D eigenvalue weighted by Crippen LogP contribution is 2.27. The summed E-state index contributed by atoms with van der Waals surface area (Å²) in [5.74, 6) is 0.276. The van der Waals surface area contributed by atoms with Gasteiger partial charge in [0.1, 0.15) is 5.82 Å². The van der Waals surface area contributed by atoms with Crippen LogP contribution in [0.4, 0.5) is 17.2 Å². The predicted molar refractivity (Wildman–Crippen MR) is 115 cm³/mol. The summed E-state index contributed by atoms with van der Waals surface area (Å²) in [7, 11) is -3.34. The average molecular weight is 423 g/mol. The van der Waals surface area contributed by atoms with E-state index in [2.05, 4.69) is 20.0 Å². The van der Waals surface area contributed by atoms with Crippen LogP contribution in [0.25, 0.3) is 22.2 Å². The maximum atomic E-state index is 11.9. The van der Waals surface area contributed by atoms with E-state index >= 15 is 0 Å². The predicted octanol–water partition coefficient (Wildman–Crippen LogP) is 2.81. The van der Waals surface area contributed by atoms with Gasteiger partial charge in [0.25, 0.3) is 0 Å². The van der Waals surface area contributed by atoms with Crippen molar-refractivity contribution in [3.05, 3.63) is 77.3 Å². The SMILES string of the molecule is CS(=O)(=O)Nc1ccc(-c2cccc(Nc3nc(=O)n(O)c4ncccc34)c2)cc1. The number of nitrogens with one attached hydrogen (secondary N) is 2. The molecule has 0 amide bonds. The van der Waals surface area contributed by atoms with Crippen molar-refractivity contribution >= 4 is 38.2 Å². The third-order valence-electron chi connectivity index (χ3n) is 4.28. The van der Waals surface area contributed by atoms with Crippen LogP contribution in [0.5, 0.6) is 0 Å². The van der Waals surface area contributed by atoms with Crippen LogP contribution in [0, 0.1) is 0 Å². The minimum Gasteiger partial charge on any atom is -0.422 e. The molecule has 0 aliphatic rings. The molecular weight excluding hydrogens is 406 g/mol. The quantitative estimate of drug-likeness (QED) is 0.421. The number of benzene rings is 2. The van der Waals surface area contributed by atoms with Crippen LogP contribution in [0.15, 0.2) is 71.7 Å². The van der Waals surface area contributed by atoms with Crippen molar-refractivity contribution in [2.45, 2.75) is 0 Å². The van der Waals surface area contributed by atoms with Crippen LogP contribution in [-0.2, 0) is 10.0 Å². The maximum absolute atomic E-state index is 11.9. The number of sulfonamides is 1. The molecule has 2 aromatic heterocycles. The molecule has 4 rings (SSSR count). The second kappa shape index (κ2) is 7.48. The molecule has 0 radical (unpaired) electrons. The van der Waals surface area contributed by atoms with Gasteiger partial charge in [-0.25, -0.2) is 18.2 Å². The topological polar surface area (TPSA) is 126 Å². The number of hydrogen-bond donors (Lipinski definition) is 3. The largest absolute Gasteiger partial charge is 0.422 e. The maximum Gasteiger partial charge on any atom is 0.384 e. The molecule has 2 aromatic carbocycles. The third-order valence-corrected chi connectivity index (χ3v) is 4.88. The summed E-state index contributed by atoms with van der Waals surface area (Å²) in [6.45, 7) is 0. The molecule has 152 valence electrons. The molecule has 30 heavy (non-hydrogen) atoms. The van der Waals surface area contributed by atoms with Crippen LogP contribution >= 0.6 is 0 Å². The Bertz CT molecular complexity index is 1400. The summed E-state index contributed by atoms with van der Waals surface area (Å²) in [6.07, 6.45) is 2.57. The molecule has 10 heteroatoms. The number of anilines is 3. The van der Waals surface area contributed by atoms with Crippen LogP contribution in [-0.4, -0.2) is 34.6 Å². The normalized spacial score (nSPS) is 11.4. The van der Waals surface area contributed by atoms with Gasteiger partial charge in [-0.15, -0.1) is 4.73 Å². The molecule has 2 heterocycles. The minimum absolute atomic E-state index is 0.102. The molecule has 9 nitrogen and oxygen atoms in total. The summed E-state index contributed by atoms with van der Waals surface area (Å²) in [6, 6.07) is 17.8. The van der Waals surface area contributed by atoms with E-state index in [0.29, 0.717) is 21.5 Å². The first kappa shape index (κ1) is 19.4. The molecule has 0 bridgehead atoms. The van der Waals surface area contributed by atoms with Crippen molar-refractivity contribution in [3.8, 4) is 11.1 Å². The van der Waals surface area contributed by atoms with Crippen LogP contribution in [0.3, 0.4) is 0 Å². The Kier molecular flexibility index (Phi) is 4.84. The van der Waals surface area contributed by atoms with Crippen LogP contribution in [0.1, 0.15) is 0 Å². The minimum atomic E-state index is -3.34. The second-order valence-electron chi connectivity index (χ2n) is 6.59. The van der Waals surface area contributed by atoms with Crippen LogP contribution < -0.4 is 15.7 Å². The van der Waals surface area contributed by atoms with E-state index in [1.54, 1.807) is 36.4 Å². The molecule has 0 aliphatic carbocycles. The number of fused-ring (bicyclic) bond motifs is 1. The van der Waals surface area contributed by atoms with E-state index in [4.69, 9.17) is 0 Å². The number of hydrogen-bond acceptors (Lipinski definition) is 7. The molecule has 4 aromatic rings. The summed E-state index contributed by atoms with van der Waals surface area (Å²) < 4.78 is 25.5. The van der Waals surface area contributed by atoms with E-state index in [1.807, 2.05) is 24.3 Å². The first-order valence-electron chi connectivity index (χ1n) is 8.82. The van der Waals surface area contributed by atoms with E-state index in [0.717, 1.165) is 17.4 Å². The summed E-state index contributed by atoms with van der Waals surface area (Å²) in [5, 5.41) is 13.4. The summed E-state index contributed by atoms with van der Waals surface area (Å²) in [5.41, 5.74) is 2.17. The number of rotatable bonds is 5. The van der Waals surface area contributed by atoms with Crippen molar-refractivity contribution in [2.24, 2.45) is 0 Å². The lowest BCUT2D eigenvalue weighted by Crippen LogP contribution is -2.23. The zero-order valence-corrected chi connectivity index (χ0v) is 16.6. The lowest BCUT2D eigenvalue weighted by atomic mass is 10.0. The molecular formula is C20H17N5O4S. The fraction of sp³-hybridized carbons (Fsp3) is 0.0500. The van der Waals surface area contributed by atoms with Gasteiger partial charge in [0.15, 0.2) is 5.65 Å². The molecule has 3 N–H and O–H groups in total. The highest BCUT2D eigenvalue weighted by atomic mass is 32.2. The van der Waals surface area contributed by atoms with Gasteiger partial charge in [-0.3, -0.25) is 4.72 Å². The number of aromatic nitrogens is 3. The molecule has 0 atom stereocenters. The smallest absolute Gasteiger partial charge is 0.384 e. The monoisotopic (exact) mass is 423 g/mol. The zero-order valence-electron chi connectivity index (χ0n) is 15.8. The van der Waals surface area contributed by atoms with Gasteiger partial charge in [-0.1, -0.05) is 24.3 Å². The van der Waals surface area contributed by atoms with Gasteiger partial charge in [-0.2, -0.15) is 4.98 Å². The van der Waals surface area contributed by atoms with E-state index in [1.165, 1.54) is 6.20 Å². The first-order chi connectivity index (χ1) is 14.3. The fourth-order valence-corrected chi connectivity index (χ4v) is 3.56. The Morgan fingerprint density at radius 3 is 2.47 bits per heavy atom. The summed E-state index contributed by atoms with van der Waals surface area (Å²) >= 11 is 0. The lowest BCUT2D eigenvalue weighted by molar-refractivity contribution is 0.182. The van der Waals surface area contributed by atoms with Gasteiger partial charge < -0.3 is 10.5 Å². The van der Waals surface area contributed by atoms with Crippen LogP contribution in [0.2, 0.25) is 0 Å². The third kappa shape index (κ3) is 4.08. The van der Waals surface area contributed by atoms with Gasteiger partial charge >= 0.3 is 5.69 Å².